The molecule has 0 spiro atoms. The summed E-state index contributed by atoms with van der Waals surface area (Å²) in [4.78, 5) is 23.7. The van der Waals surface area contributed by atoms with E-state index in [1.54, 1.807) is 31.2 Å². The number of benzene rings is 2. The summed E-state index contributed by atoms with van der Waals surface area (Å²) in [5.41, 5.74) is -0.224. The van der Waals surface area contributed by atoms with E-state index in [9.17, 15) is 18.0 Å². The van der Waals surface area contributed by atoms with Crippen LogP contribution < -0.4 is 15.5 Å². The highest BCUT2D eigenvalue weighted by atomic mass is 35.5. The van der Waals surface area contributed by atoms with E-state index < -0.39 is 33.0 Å². The Morgan fingerprint density at radius 1 is 1.06 bits per heavy atom. The van der Waals surface area contributed by atoms with Crippen LogP contribution in [-0.4, -0.2) is 49.9 Å². The number of hydrogen-bond donors (Lipinski definition) is 3. The van der Waals surface area contributed by atoms with Crippen LogP contribution in [0.2, 0.25) is 5.02 Å². The van der Waals surface area contributed by atoms with Gasteiger partial charge in [-0.2, -0.15) is 0 Å². The number of nitrogens with one attached hydrogen (secondary N) is 2. The number of carbonyl (C=O) groups is 2. The fraction of sp³-hybridized carbons (Fsp3) is 0.333. The average Bonchev–Trinajstić information content (AvgIpc) is 2.75. The van der Waals surface area contributed by atoms with Crippen molar-refractivity contribution in [3.63, 3.8) is 0 Å². The summed E-state index contributed by atoms with van der Waals surface area (Å²) < 4.78 is 36.3. The highest BCUT2D eigenvalue weighted by Crippen LogP contribution is 2.25. The molecular formula is C21H25ClN2O7S. The van der Waals surface area contributed by atoms with Gasteiger partial charge in [-0.3, -0.25) is 14.8 Å². The van der Waals surface area contributed by atoms with Crippen molar-refractivity contribution >= 4 is 33.3 Å². The summed E-state index contributed by atoms with van der Waals surface area (Å²) in [5, 5.41) is 12.4. The van der Waals surface area contributed by atoms with Crippen molar-refractivity contribution in [2.45, 2.75) is 30.7 Å². The maximum atomic E-state index is 12.9. The predicted molar refractivity (Wildman–Crippen MR) is 118 cm³/mol. The van der Waals surface area contributed by atoms with Gasteiger partial charge >= 0.3 is 5.97 Å². The Balaban J connectivity index is 2.12. The van der Waals surface area contributed by atoms with E-state index in [-0.39, 0.29) is 24.5 Å². The van der Waals surface area contributed by atoms with Crippen LogP contribution >= 0.6 is 11.6 Å². The van der Waals surface area contributed by atoms with Crippen molar-refractivity contribution in [2.75, 3.05) is 18.9 Å². The van der Waals surface area contributed by atoms with E-state index in [1.165, 1.54) is 36.7 Å². The number of carbonyl (C=O) groups excluding carboxylic acids is 2. The molecule has 2 rings (SSSR count). The molecule has 1 unspecified atom stereocenters. The zero-order valence-electron chi connectivity index (χ0n) is 17.6. The highest BCUT2D eigenvalue weighted by molar-refractivity contribution is 7.91. The zero-order valence-corrected chi connectivity index (χ0v) is 19.2. The topological polar surface area (TPSA) is 131 Å². The van der Waals surface area contributed by atoms with Gasteiger partial charge in [-0.1, -0.05) is 11.6 Å². The molecule has 0 aliphatic carbocycles. The van der Waals surface area contributed by atoms with Crippen molar-refractivity contribution in [3.05, 3.63) is 53.6 Å². The molecule has 9 nitrogen and oxygen atoms in total. The molecule has 0 saturated heterocycles. The van der Waals surface area contributed by atoms with E-state index in [1.807, 2.05) is 0 Å². The van der Waals surface area contributed by atoms with Gasteiger partial charge in [0.2, 0.25) is 0 Å². The molecule has 32 heavy (non-hydrogen) atoms. The van der Waals surface area contributed by atoms with Gasteiger partial charge in [0.15, 0.2) is 9.84 Å². The van der Waals surface area contributed by atoms with Crippen LogP contribution in [0, 0.1) is 0 Å². The van der Waals surface area contributed by atoms with Gasteiger partial charge in [0, 0.05) is 11.6 Å². The summed E-state index contributed by atoms with van der Waals surface area (Å²) in [7, 11) is -3.95. The third-order valence-corrected chi connectivity index (χ3v) is 6.66. The normalized spacial score (nSPS) is 13.1. The Morgan fingerprint density at radius 2 is 1.62 bits per heavy atom. The van der Waals surface area contributed by atoms with Crippen molar-refractivity contribution in [3.8, 4) is 11.5 Å². The lowest BCUT2D eigenvalue weighted by atomic mass is 10.0. The molecule has 1 atom stereocenters. The number of rotatable bonds is 11. The fourth-order valence-corrected chi connectivity index (χ4v) is 4.65. The minimum absolute atomic E-state index is 0.0217. The monoisotopic (exact) mass is 484 g/mol. The second kappa shape index (κ2) is 11.3. The first-order chi connectivity index (χ1) is 15.1. The lowest BCUT2D eigenvalue weighted by molar-refractivity contribution is -0.143. The van der Waals surface area contributed by atoms with Crippen LogP contribution in [-0.2, 0) is 24.2 Å². The molecule has 3 N–H and O–H groups in total. The van der Waals surface area contributed by atoms with Gasteiger partial charge in [-0.05, 0) is 62.4 Å². The molecule has 11 heteroatoms. The molecule has 0 bridgehead atoms. The van der Waals surface area contributed by atoms with Gasteiger partial charge in [-0.25, -0.2) is 13.9 Å². The third kappa shape index (κ3) is 7.20. The van der Waals surface area contributed by atoms with Crippen molar-refractivity contribution in [1.82, 2.24) is 10.8 Å². The molecular weight excluding hydrogens is 460 g/mol. The Bertz CT molecular complexity index is 1030. The first-order valence-electron chi connectivity index (χ1n) is 9.71. The number of sulfone groups is 1. The SMILES string of the molecule is CCOC(=O)CCNC(C)(CS(=O)(=O)c1ccc(Oc2ccc(Cl)cc2)cc1)C(=O)NO. The van der Waals surface area contributed by atoms with Crippen LogP contribution in [0.4, 0.5) is 0 Å². The number of hydrogen-bond acceptors (Lipinski definition) is 8. The number of hydroxylamine groups is 1. The standard InChI is InChI=1S/C21H25ClN2O7S/c1-3-30-19(25)12-13-23-21(2,20(26)24-27)14-32(28,29)18-10-8-17(9-11-18)31-16-6-4-15(22)5-7-16/h4-11,23,27H,3,12-14H2,1-2H3,(H,24,26). The second-order valence-electron chi connectivity index (χ2n) is 7.04. The maximum Gasteiger partial charge on any atom is 0.307 e. The molecule has 0 radical (unpaired) electrons. The van der Waals surface area contributed by atoms with Crippen LogP contribution in [0.25, 0.3) is 0 Å². The van der Waals surface area contributed by atoms with Crippen LogP contribution in [0.1, 0.15) is 20.3 Å². The van der Waals surface area contributed by atoms with Gasteiger partial charge in [-0.15, -0.1) is 0 Å². The van der Waals surface area contributed by atoms with E-state index in [0.29, 0.717) is 16.5 Å². The molecule has 174 valence electrons. The maximum absolute atomic E-state index is 12.9. The van der Waals surface area contributed by atoms with Crippen LogP contribution in [0.15, 0.2) is 53.4 Å². The summed E-state index contributed by atoms with van der Waals surface area (Å²) >= 11 is 5.84. The van der Waals surface area contributed by atoms with Gasteiger partial charge < -0.3 is 14.8 Å². The van der Waals surface area contributed by atoms with Crippen LogP contribution in [0.5, 0.6) is 11.5 Å². The zero-order chi connectivity index (χ0) is 23.8. The molecule has 0 fully saturated rings. The summed E-state index contributed by atoms with van der Waals surface area (Å²) in [6.07, 6.45) is -0.0705. The highest BCUT2D eigenvalue weighted by Gasteiger charge is 2.38. The molecule has 0 aromatic heterocycles. The number of halogens is 1. The second-order valence-corrected chi connectivity index (χ2v) is 9.47. The molecule has 1 amide bonds. The van der Waals surface area contributed by atoms with Crippen molar-refractivity contribution in [2.24, 2.45) is 0 Å². The number of ether oxygens (including phenoxy) is 2. The van der Waals surface area contributed by atoms with Gasteiger partial charge in [0.25, 0.3) is 5.91 Å². The lowest BCUT2D eigenvalue weighted by Crippen LogP contribution is -2.58. The van der Waals surface area contributed by atoms with Crippen molar-refractivity contribution < 1.29 is 32.7 Å². The molecule has 0 saturated carbocycles. The minimum Gasteiger partial charge on any atom is -0.466 e. The average molecular weight is 485 g/mol. The van der Waals surface area contributed by atoms with E-state index in [0.717, 1.165) is 0 Å². The number of esters is 1. The molecule has 0 heterocycles. The predicted octanol–water partition coefficient (Wildman–Crippen LogP) is 2.71. The Hall–Kier alpha value is -2.66. The lowest BCUT2D eigenvalue weighted by Gasteiger charge is -2.28. The van der Waals surface area contributed by atoms with Crippen molar-refractivity contribution in [1.29, 1.82) is 0 Å². The first-order valence-corrected chi connectivity index (χ1v) is 11.7. The Labute approximate surface area is 191 Å². The largest absolute Gasteiger partial charge is 0.466 e. The van der Waals surface area contributed by atoms with Gasteiger partial charge in [0.05, 0.1) is 23.7 Å². The van der Waals surface area contributed by atoms with E-state index in [4.69, 9.17) is 26.3 Å². The Kier molecular flexibility index (Phi) is 9.02. The molecule has 2 aromatic rings. The molecule has 0 aliphatic heterocycles. The third-order valence-electron chi connectivity index (χ3n) is 4.46. The summed E-state index contributed by atoms with van der Waals surface area (Å²) in [6.45, 7) is 3.16. The van der Waals surface area contributed by atoms with Gasteiger partial charge in [0.1, 0.15) is 17.0 Å². The summed E-state index contributed by atoms with van der Waals surface area (Å²) in [5.74, 6) is -1.16. The molecule has 2 aromatic carbocycles. The van der Waals surface area contributed by atoms with Crippen LogP contribution in [0.3, 0.4) is 0 Å². The quantitative estimate of drug-likeness (QED) is 0.252. The number of amides is 1. The van der Waals surface area contributed by atoms with E-state index in [2.05, 4.69) is 5.32 Å². The minimum atomic E-state index is -3.95. The first kappa shape index (κ1) is 25.6. The molecule has 0 aliphatic rings. The van der Waals surface area contributed by atoms with E-state index >= 15 is 0 Å². The summed E-state index contributed by atoms with van der Waals surface area (Å²) in [6, 6.07) is 12.4. The fourth-order valence-electron chi connectivity index (χ4n) is 2.81. The Morgan fingerprint density at radius 3 is 2.16 bits per heavy atom. The smallest absolute Gasteiger partial charge is 0.307 e.